The number of hydrogen-bond acceptors (Lipinski definition) is 5. The van der Waals surface area contributed by atoms with Crippen molar-refractivity contribution in [3.05, 3.63) is 83.8 Å². The molecule has 3 rings (SSSR count). The van der Waals surface area contributed by atoms with Gasteiger partial charge in [-0.25, -0.2) is 4.98 Å². The molecule has 142 valence electrons. The summed E-state index contributed by atoms with van der Waals surface area (Å²) in [5, 5.41) is 2.83. The van der Waals surface area contributed by atoms with Gasteiger partial charge in [-0.3, -0.25) is 14.6 Å². The van der Waals surface area contributed by atoms with E-state index in [1.165, 1.54) is 12.5 Å². The largest absolute Gasteiger partial charge is 0.359 e. The second kappa shape index (κ2) is 8.90. The molecule has 6 heteroatoms. The normalized spacial score (nSPS) is 10.4. The zero-order valence-corrected chi connectivity index (χ0v) is 15.9. The van der Waals surface area contributed by atoms with Crippen LogP contribution < -0.4 is 10.2 Å². The topological polar surface area (TPSA) is 75.2 Å². The molecule has 0 saturated carbocycles. The Morgan fingerprint density at radius 1 is 1.00 bits per heavy atom. The number of ketones is 1. The van der Waals surface area contributed by atoms with Crippen molar-refractivity contribution in [3.8, 4) is 0 Å². The average molecular weight is 374 g/mol. The van der Waals surface area contributed by atoms with Crippen molar-refractivity contribution in [2.75, 3.05) is 23.8 Å². The van der Waals surface area contributed by atoms with E-state index < -0.39 is 0 Å². The second-order valence-electron chi connectivity index (χ2n) is 6.52. The zero-order valence-electron chi connectivity index (χ0n) is 15.9. The van der Waals surface area contributed by atoms with Crippen LogP contribution in [0.25, 0.3) is 0 Å². The summed E-state index contributed by atoms with van der Waals surface area (Å²) in [7, 11) is 1.95. The molecule has 3 aromatic rings. The highest BCUT2D eigenvalue weighted by Gasteiger charge is 2.11. The number of nitrogens with zero attached hydrogens (tertiary/aromatic N) is 3. The first-order chi connectivity index (χ1) is 13.5. The third-order valence-corrected chi connectivity index (χ3v) is 4.41. The van der Waals surface area contributed by atoms with Gasteiger partial charge in [0.05, 0.1) is 0 Å². The Morgan fingerprint density at radius 2 is 1.79 bits per heavy atom. The standard InChI is InChI=1S/C22H22N4O2/c1-16(27)18-4-3-5-20(14-18)25-22(28)19-8-12-24-21(15-19)26(2)13-9-17-6-10-23-11-7-17/h3-8,10-12,14-15H,9,13H2,1-2H3,(H,25,28). The molecule has 1 aromatic carbocycles. The Balaban J connectivity index is 1.67. The van der Waals surface area contributed by atoms with Gasteiger partial charge in [-0.1, -0.05) is 12.1 Å². The number of pyridine rings is 2. The van der Waals surface area contributed by atoms with E-state index in [9.17, 15) is 9.59 Å². The van der Waals surface area contributed by atoms with Crippen LogP contribution in [0.3, 0.4) is 0 Å². The molecule has 0 spiro atoms. The van der Waals surface area contributed by atoms with Crippen LogP contribution in [0.4, 0.5) is 11.5 Å². The smallest absolute Gasteiger partial charge is 0.255 e. The molecule has 2 aromatic heterocycles. The summed E-state index contributed by atoms with van der Waals surface area (Å²) < 4.78 is 0. The number of rotatable bonds is 7. The molecule has 1 N–H and O–H groups in total. The van der Waals surface area contributed by atoms with Gasteiger partial charge in [-0.2, -0.15) is 0 Å². The van der Waals surface area contributed by atoms with E-state index in [-0.39, 0.29) is 11.7 Å². The van der Waals surface area contributed by atoms with Crippen LogP contribution >= 0.6 is 0 Å². The van der Waals surface area contributed by atoms with E-state index in [0.717, 1.165) is 18.8 Å². The first kappa shape index (κ1) is 19.2. The summed E-state index contributed by atoms with van der Waals surface area (Å²) in [4.78, 5) is 34.5. The van der Waals surface area contributed by atoms with Crippen LogP contribution in [0.5, 0.6) is 0 Å². The molecule has 0 atom stereocenters. The summed E-state index contributed by atoms with van der Waals surface area (Å²) in [6, 6.07) is 14.3. The summed E-state index contributed by atoms with van der Waals surface area (Å²) in [6.45, 7) is 2.26. The molecule has 0 bridgehead atoms. The molecule has 0 aliphatic heterocycles. The molecule has 0 radical (unpaired) electrons. The monoisotopic (exact) mass is 374 g/mol. The van der Waals surface area contributed by atoms with Gasteiger partial charge in [-0.15, -0.1) is 0 Å². The van der Waals surface area contributed by atoms with Crippen molar-refractivity contribution in [1.29, 1.82) is 0 Å². The summed E-state index contributed by atoms with van der Waals surface area (Å²) in [6.07, 6.45) is 6.04. The van der Waals surface area contributed by atoms with Crippen LogP contribution in [0.15, 0.2) is 67.1 Å². The predicted octanol–water partition coefficient (Wildman–Crippen LogP) is 3.61. The van der Waals surface area contributed by atoms with Crippen LogP contribution in [-0.2, 0) is 6.42 Å². The van der Waals surface area contributed by atoms with Gasteiger partial charge in [0.1, 0.15) is 5.82 Å². The Kier molecular flexibility index (Phi) is 6.11. The van der Waals surface area contributed by atoms with E-state index in [4.69, 9.17) is 0 Å². The summed E-state index contributed by atoms with van der Waals surface area (Å²) in [5.41, 5.74) is 2.85. The molecule has 2 heterocycles. The number of benzene rings is 1. The Labute approximate surface area is 164 Å². The van der Waals surface area contributed by atoms with Crippen LogP contribution in [0.2, 0.25) is 0 Å². The Morgan fingerprint density at radius 3 is 2.54 bits per heavy atom. The third kappa shape index (κ3) is 5.01. The molecule has 28 heavy (non-hydrogen) atoms. The number of amides is 1. The minimum Gasteiger partial charge on any atom is -0.359 e. The van der Waals surface area contributed by atoms with E-state index in [1.54, 1.807) is 55.0 Å². The average Bonchev–Trinajstić information content (AvgIpc) is 2.73. The van der Waals surface area contributed by atoms with Gasteiger partial charge in [0, 0.05) is 49.0 Å². The lowest BCUT2D eigenvalue weighted by molar-refractivity contribution is 0.101. The Hall–Kier alpha value is -3.54. The van der Waals surface area contributed by atoms with Crippen molar-refractivity contribution in [2.45, 2.75) is 13.3 Å². The lowest BCUT2D eigenvalue weighted by Crippen LogP contribution is -2.22. The quantitative estimate of drug-likeness (QED) is 0.640. The van der Waals surface area contributed by atoms with Gasteiger partial charge in [-0.05, 0) is 55.3 Å². The molecule has 0 aliphatic carbocycles. The Bertz CT molecular complexity index is 973. The number of nitrogens with one attached hydrogen (secondary N) is 1. The van der Waals surface area contributed by atoms with Gasteiger partial charge < -0.3 is 10.2 Å². The lowest BCUT2D eigenvalue weighted by Gasteiger charge is -2.18. The predicted molar refractivity (Wildman–Crippen MR) is 110 cm³/mol. The number of hydrogen-bond donors (Lipinski definition) is 1. The van der Waals surface area contributed by atoms with E-state index >= 15 is 0 Å². The summed E-state index contributed by atoms with van der Waals surface area (Å²) >= 11 is 0. The van der Waals surface area contributed by atoms with Crippen molar-refractivity contribution in [3.63, 3.8) is 0 Å². The SMILES string of the molecule is CC(=O)c1cccc(NC(=O)c2ccnc(N(C)CCc3ccncc3)c2)c1. The highest BCUT2D eigenvalue weighted by atomic mass is 16.1. The highest BCUT2D eigenvalue weighted by Crippen LogP contribution is 2.16. The van der Waals surface area contributed by atoms with Gasteiger partial charge in [0.2, 0.25) is 0 Å². The third-order valence-electron chi connectivity index (χ3n) is 4.41. The van der Waals surface area contributed by atoms with Gasteiger partial charge in [0.25, 0.3) is 5.91 Å². The second-order valence-corrected chi connectivity index (χ2v) is 6.52. The fourth-order valence-electron chi connectivity index (χ4n) is 2.75. The van der Waals surface area contributed by atoms with Gasteiger partial charge in [0.15, 0.2) is 5.78 Å². The molecule has 1 amide bonds. The van der Waals surface area contributed by atoms with Crippen molar-refractivity contribution >= 4 is 23.2 Å². The highest BCUT2D eigenvalue weighted by molar-refractivity contribution is 6.05. The molecule has 6 nitrogen and oxygen atoms in total. The number of anilines is 2. The van der Waals surface area contributed by atoms with E-state index in [0.29, 0.717) is 16.8 Å². The lowest BCUT2D eigenvalue weighted by atomic mass is 10.1. The number of carbonyl (C=O) groups excluding carboxylic acids is 2. The molecule has 0 saturated heterocycles. The first-order valence-electron chi connectivity index (χ1n) is 9.01. The molecule has 0 unspecified atom stereocenters. The zero-order chi connectivity index (χ0) is 19.9. The van der Waals surface area contributed by atoms with Crippen LogP contribution in [-0.4, -0.2) is 35.3 Å². The molecule has 0 aliphatic rings. The van der Waals surface area contributed by atoms with Crippen LogP contribution in [0, 0.1) is 0 Å². The van der Waals surface area contributed by atoms with E-state index in [1.807, 2.05) is 24.1 Å². The van der Waals surface area contributed by atoms with Crippen molar-refractivity contribution in [2.24, 2.45) is 0 Å². The maximum atomic E-state index is 12.6. The van der Waals surface area contributed by atoms with Crippen molar-refractivity contribution in [1.82, 2.24) is 9.97 Å². The number of carbonyl (C=O) groups is 2. The summed E-state index contributed by atoms with van der Waals surface area (Å²) in [5.74, 6) is 0.434. The maximum Gasteiger partial charge on any atom is 0.255 e. The van der Waals surface area contributed by atoms with E-state index in [2.05, 4.69) is 15.3 Å². The van der Waals surface area contributed by atoms with Gasteiger partial charge >= 0.3 is 0 Å². The fraction of sp³-hybridized carbons (Fsp3) is 0.182. The maximum absolute atomic E-state index is 12.6. The number of likely N-dealkylation sites (N-methyl/N-ethyl adjacent to an activating group) is 1. The molecule has 0 fully saturated rings. The minimum absolute atomic E-state index is 0.0434. The first-order valence-corrected chi connectivity index (χ1v) is 9.01. The molecular formula is C22H22N4O2. The van der Waals surface area contributed by atoms with Crippen molar-refractivity contribution < 1.29 is 9.59 Å². The number of aromatic nitrogens is 2. The minimum atomic E-state index is -0.244. The van der Waals surface area contributed by atoms with Crippen LogP contribution in [0.1, 0.15) is 33.2 Å². The number of Topliss-reactive ketones (excluding diaryl/α,β-unsaturated/α-hetero) is 1. The fourth-order valence-corrected chi connectivity index (χ4v) is 2.75. The molecular weight excluding hydrogens is 352 g/mol.